The lowest BCUT2D eigenvalue weighted by Gasteiger charge is -1.97. The first-order chi connectivity index (χ1) is 4.98. The summed E-state index contributed by atoms with van der Waals surface area (Å²) in [4.78, 5) is 2.00. The third-order valence-corrected chi connectivity index (χ3v) is 0.877. The molecule has 0 aliphatic rings. The van der Waals surface area contributed by atoms with Gasteiger partial charge in [-0.2, -0.15) is 21.6 Å². The van der Waals surface area contributed by atoms with Crippen molar-refractivity contribution in [2.45, 2.75) is 5.51 Å². The summed E-state index contributed by atoms with van der Waals surface area (Å²) in [5.41, 5.74) is -5.53. The molecular formula is C4H10F3NO3S. The summed E-state index contributed by atoms with van der Waals surface area (Å²) in [6.07, 6.45) is 0. The summed E-state index contributed by atoms with van der Waals surface area (Å²) in [6.45, 7) is 0. The summed E-state index contributed by atoms with van der Waals surface area (Å²) in [6, 6.07) is 0. The summed E-state index contributed by atoms with van der Waals surface area (Å²) in [5.74, 6) is 0. The SMILES string of the molecule is CN(C)C.O=S(=O)(O)C(F)(F)F. The van der Waals surface area contributed by atoms with Gasteiger partial charge < -0.3 is 4.90 Å². The lowest BCUT2D eigenvalue weighted by Crippen LogP contribution is -2.21. The molecule has 0 saturated carbocycles. The second-order valence-electron chi connectivity index (χ2n) is 2.26. The zero-order valence-corrected chi connectivity index (χ0v) is 7.57. The first-order valence-electron chi connectivity index (χ1n) is 2.63. The average Bonchev–Trinajstić information content (AvgIpc) is 1.55. The fourth-order valence-electron chi connectivity index (χ4n) is 0. The Balaban J connectivity index is 0. The van der Waals surface area contributed by atoms with Crippen molar-refractivity contribution in [2.75, 3.05) is 21.1 Å². The lowest BCUT2D eigenvalue weighted by molar-refractivity contribution is -0.0510. The Hall–Kier alpha value is -0.340. The predicted octanol–water partition coefficient (Wildman–Crippen LogP) is 0.572. The molecule has 12 heavy (non-hydrogen) atoms. The van der Waals surface area contributed by atoms with Crippen LogP contribution in [0.2, 0.25) is 0 Å². The third-order valence-electron chi connectivity index (χ3n) is 0.292. The minimum Gasteiger partial charge on any atom is -0.312 e. The highest BCUT2D eigenvalue weighted by molar-refractivity contribution is 7.86. The highest BCUT2D eigenvalue weighted by Crippen LogP contribution is 2.20. The number of halogens is 3. The van der Waals surface area contributed by atoms with E-state index in [1.165, 1.54) is 0 Å². The van der Waals surface area contributed by atoms with Gasteiger partial charge in [0.2, 0.25) is 0 Å². The van der Waals surface area contributed by atoms with E-state index in [2.05, 4.69) is 0 Å². The maximum absolute atomic E-state index is 10.7. The van der Waals surface area contributed by atoms with Gasteiger partial charge in [-0.05, 0) is 21.1 Å². The summed E-state index contributed by atoms with van der Waals surface area (Å²) >= 11 is 0. The molecule has 0 aromatic carbocycles. The molecule has 0 rings (SSSR count). The molecular weight excluding hydrogens is 199 g/mol. The second kappa shape index (κ2) is 4.63. The van der Waals surface area contributed by atoms with E-state index in [-0.39, 0.29) is 0 Å². The average molecular weight is 209 g/mol. The van der Waals surface area contributed by atoms with E-state index in [0.29, 0.717) is 0 Å². The molecule has 8 heteroatoms. The molecule has 0 atom stereocenters. The van der Waals surface area contributed by atoms with Gasteiger partial charge >= 0.3 is 15.6 Å². The monoisotopic (exact) mass is 209 g/mol. The van der Waals surface area contributed by atoms with Crippen molar-refractivity contribution in [3.05, 3.63) is 0 Å². The van der Waals surface area contributed by atoms with Crippen LogP contribution in [0, 0.1) is 0 Å². The van der Waals surface area contributed by atoms with Crippen LogP contribution in [0.25, 0.3) is 0 Å². The fraction of sp³-hybridized carbons (Fsp3) is 1.00. The molecule has 0 aromatic heterocycles. The van der Waals surface area contributed by atoms with Gasteiger partial charge in [-0.15, -0.1) is 0 Å². The molecule has 0 saturated heterocycles. The van der Waals surface area contributed by atoms with E-state index in [0.717, 1.165) is 0 Å². The number of hydrogen-bond donors (Lipinski definition) is 1. The van der Waals surface area contributed by atoms with Crippen LogP contribution in [-0.4, -0.2) is 44.5 Å². The van der Waals surface area contributed by atoms with Gasteiger partial charge in [-0.3, -0.25) is 4.55 Å². The van der Waals surface area contributed by atoms with Gasteiger partial charge in [0.05, 0.1) is 0 Å². The minimum atomic E-state index is -5.84. The molecule has 0 radical (unpaired) electrons. The van der Waals surface area contributed by atoms with Crippen LogP contribution < -0.4 is 0 Å². The van der Waals surface area contributed by atoms with E-state index in [9.17, 15) is 13.2 Å². The van der Waals surface area contributed by atoms with Crippen LogP contribution in [0.4, 0.5) is 13.2 Å². The van der Waals surface area contributed by atoms with E-state index in [1.54, 1.807) is 0 Å². The van der Waals surface area contributed by atoms with Crippen molar-refractivity contribution in [3.8, 4) is 0 Å². The van der Waals surface area contributed by atoms with Crippen LogP contribution in [-0.2, 0) is 10.1 Å². The molecule has 0 heterocycles. The molecule has 0 aliphatic carbocycles. The summed E-state index contributed by atoms with van der Waals surface area (Å²) in [7, 11) is 0.160. The zero-order valence-electron chi connectivity index (χ0n) is 6.75. The van der Waals surface area contributed by atoms with Crippen LogP contribution in [0.5, 0.6) is 0 Å². The van der Waals surface area contributed by atoms with E-state index in [4.69, 9.17) is 13.0 Å². The Bertz CT molecular complexity index is 205. The Morgan fingerprint density at radius 2 is 1.25 bits per heavy atom. The molecule has 0 bridgehead atoms. The highest BCUT2D eigenvalue weighted by atomic mass is 32.2. The third kappa shape index (κ3) is 9.66. The molecule has 1 N–H and O–H groups in total. The summed E-state index contributed by atoms with van der Waals surface area (Å²) in [5, 5.41) is 0. The smallest absolute Gasteiger partial charge is 0.312 e. The second-order valence-corrected chi connectivity index (χ2v) is 3.68. The van der Waals surface area contributed by atoms with E-state index >= 15 is 0 Å². The molecule has 0 aromatic rings. The largest absolute Gasteiger partial charge is 0.522 e. The topological polar surface area (TPSA) is 57.6 Å². The molecule has 0 amide bonds. The Morgan fingerprint density at radius 1 is 1.17 bits per heavy atom. The molecule has 4 nitrogen and oxygen atoms in total. The maximum atomic E-state index is 10.7. The quantitative estimate of drug-likeness (QED) is 0.468. The van der Waals surface area contributed by atoms with Crippen LogP contribution in [0.1, 0.15) is 0 Å². The first kappa shape index (κ1) is 14.2. The van der Waals surface area contributed by atoms with E-state index < -0.39 is 15.6 Å². The van der Waals surface area contributed by atoms with Crippen molar-refractivity contribution in [3.63, 3.8) is 0 Å². The van der Waals surface area contributed by atoms with Gasteiger partial charge in [0.15, 0.2) is 0 Å². The van der Waals surface area contributed by atoms with Gasteiger partial charge in [-0.25, -0.2) is 0 Å². The van der Waals surface area contributed by atoms with Gasteiger partial charge in [0.1, 0.15) is 0 Å². The lowest BCUT2D eigenvalue weighted by atomic mass is 11.0. The van der Waals surface area contributed by atoms with Crippen molar-refractivity contribution in [2.24, 2.45) is 0 Å². The van der Waals surface area contributed by atoms with Crippen LogP contribution >= 0.6 is 0 Å². The normalized spacial score (nSPS) is 12.3. The maximum Gasteiger partial charge on any atom is 0.522 e. The highest BCUT2D eigenvalue weighted by Gasteiger charge is 2.44. The van der Waals surface area contributed by atoms with Crippen LogP contribution in [0.3, 0.4) is 0 Å². The minimum absolute atomic E-state index is 2.00. The van der Waals surface area contributed by atoms with Crippen molar-refractivity contribution >= 4 is 10.1 Å². The number of rotatable bonds is 0. The van der Waals surface area contributed by atoms with Gasteiger partial charge in [-0.1, -0.05) is 0 Å². The van der Waals surface area contributed by atoms with Gasteiger partial charge in [0.25, 0.3) is 0 Å². The number of nitrogens with zero attached hydrogens (tertiary/aromatic N) is 1. The Labute approximate surface area is 68.7 Å². The first-order valence-corrected chi connectivity index (χ1v) is 4.07. The molecule has 0 unspecified atom stereocenters. The standard InChI is InChI=1S/C3H9N.CHF3O3S/c1-4(2)3;2-1(3,4)8(5,6)7/h1-3H3;(H,5,6,7). The predicted molar refractivity (Wildman–Crippen MR) is 37.2 cm³/mol. The van der Waals surface area contributed by atoms with Gasteiger partial charge in [0, 0.05) is 0 Å². The molecule has 76 valence electrons. The number of alkyl halides is 3. The summed E-state index contributed by atoms with van der Waals surface area (Å²) < 4.78 is 57.5. The number of hydrogen-bond acceptors (Lipinski definition) is 3. The Morgan fingerprint density at radius 3 is 1.25 bits per heavy atom. The molecule has 0 spiro atoms. The molecule has 0 fully saturated rings. The zero-order chi connectivity index (χ0) is 10.6. The molecule has 0 aliphatic heterocycles. The van der Waals surface area contributed by atoms with Crippen molar-refractivity contribution in [1.82, 2.24) is 4.90 Å². The van der Waals surface area contributed by atoms with E-state index in [1.807, 2.05) is 26.0 Å². The fourth-order valence-corrected chi connectivity index (χ4v) is 0. The van der Waals surface area contributed by atoms with Crippen LogP contribution in [0.15, 0.2) is 0 Å². The van der Waals surface area contributed by atoms with Crippen molar-refractivity contribution < 1.29 is 26.1 Å². The van der Waals surface area contributed by atoms with Crippen molar-refractivity contribution in [1.29, 1.82) is 0 Å². The Kier molecular flexibility index (Phi) is 5.48.